The summed E-state index contributed by atoms with van der Waals surface area (Å²) in [7, 11) is -36.4. The van der Waals surface area contributed by atoms with Crippen molar-refractivity contribution >= 4 is 64.0 Å². The van der Waals surface area contributed by atoms with Crippen LogP contribution >= 0.6 is 46.9 Å². The van der Waals surface area contributed by atoms with Gasteiger partial charge in [0.15, 0.2) is 11.2 Å². The molecule has 1 saturated heterocycles. The van der Waals surface area contributed by atoms with Crippen molar-refractivity contribution in [3.05, 3.63) is 16.7 Å². The van der Waals surface area contributed by atoms with Gasteiger partial charge in [0, 0.05) is 6.42 Å². The number of anilines is 1. The summed E-state index contributed by atoms with van der Waals surface area (Å²) in [6, 6.07) is 0. The van der Waals surface area contributed by atoms with E-state index in [1.165, 1.54) is 4.57 Å². The largest absolute Gasteiger partial charge is 0.490 e. The smallest absolute Gasteiger partial charge is 0.390 e. The molecular formula is C14H27N5O22P6. The maximum absolute atomic E-state index is 12.2. The van der Waals surface area contributed by atoms with Gasteiger partial charge in [-0.05, 0) is 6.42 Å². The van der Waals surface area contributed by atoms with Crippen LogP contribution in [0.4, 0.5) is 5.95 Å². The van der Waals surface area contributed by atoms with Crippen molar-refractivity contribution in [3.63, 3.8) is 0 Å². The first-order valence-electron chi connectivity index (χ1n) is 12.2. The van der Waals surface area contributed by atoms with Gasteiger partial charge >= 0.3 is 46.9 Å². The number of aliphatic hydroxyl groups excluding tert-OH is 1. The average Bonchev–Trinajstić information content (AvgIpc) is 3.42. The number of unbranched alkanes of at least 4 members (excludes halogenated alkanes) is 1. The van der Waals surface area contributed by atoms with Crippen molar-refractivity contribution < 1.29 is 97.2 Å². The van der Waals surface area contributed by atoms with Crippen LogP contribution in [0.25, 0.3) is 11.2 Å². The van der Waals surface area contributed by atoms with Gasteiger partial charge in [0.05, 0.1) is 25.6 Å². The van der Waals surface area contributed by atoms with Crippen LogP contribution in [0.2, 0.25) is 0 Å². The molecule has 0 aromatic carbocycles. The second-order valence-corrected chi connectivity index (χ2v) is 18.3. The number of aromatic amines is 1. The molecule has 0 spiro atoms. The standard InChI is InChI=1S/C14H27N5O22P6/c1-2-3-4-34-42(22,23)37-44(26,27)39-46(30,31)41-47(32,33)40-45(28,29)38-43(24,25)35-6-9-8(20)5-10(36-9)19-7-16-11-12(19)17-14(15)18-13(11)21/h7-10,20H,2-6H2,1H3,(H,22,23)(H,24,25)(H,26,27)(H,28,29)(H,30,31)(H,32,33)(H3,15,17,18,21)/t8?,9-,10-/m1/s1. The molecule has 0 aliphatic carbocycles. The molecule has 9 atom stereocenters. The van der Waals surface area contributed by atoms with Crippen LogP contribution in [0.15, 0.2) is 11.1 Å². The van der Waals surface area contributed by atoms with Crippen LogP contribution in [0.5, 0.6) is 0 Å². The number of phosphoric ester groups is 2. The predicted molar refractivity (Wildman–Crippen MR) is 148 cm³/mol. The lowest BCUT2D eigenvalue weighted by molar-refractivity contribution is -0.0423. The first-order valence-corrected chi connectivity index (χ1v) is 21.2. The molecule has 33 heteroatoms. The second-order valence-electron chi connectivity index (χ2n) is 8.91. The van der Waals surface area contributed by atoms with Crippen molar-refractivity contribution in [3.8, 4) is 0 Å². The van der Waals surface area contributed by atoms with Crippen LogP contribution in [0.1, 0.15) is 32.4 Å². The number of nitrogens with two attached hydrogens (primary N) is 1. The molecule has 0 radical (unpaired) electrons. The lowest BCUT2D eigenvalue weighted by Gasteiger charge is -2.21. The molecular weight excluding hydrogens is 776 g/mol. The zero-order valence-corrected chi connectivity index (χ0v) is 28.6. The fourth-order valence-electron chi connectivity index (χ4n) is 3.44. The van der Waals surface area contributed by atoms with E-state index in [0.717, 1.165) is 6.33 Å². The molecule has 27 nitrogen and oxygen atoms in total. The highest BCUT2D eigenvalue weighted by molar-refractivity contribution is 7.72. The Morgan fingerprint density at radius 2 is 1.38 bits per heavy atom. The summed E-state index contributed by atoms with van der Waals surface area (Å²) in [4.78, 5) is 79.3. The number of hydrogen-bond acceptors (Lipinski definition) is 19. The molecule has 10 N–H and O–H groups in total. The van der Waals surface area contributed by atoms with Gasteiger partial charge in [-0.3, -0.25) is 23.4 Å². The van der Waals surface area contributed by atoms with Crippen molar-refractivity contribution in [2.24, 2.45) is 0 Å². The number of nitrogens with one attached hydrogen (secondary N) is 1. The Kier molecular flexibility index (Phi) is 12.9. The van der Waals surface area contributed by atoms with E-state index in [-0.39, 0.29) is 30.0 Å². The summed E-state index contributed by atoms with van der Waals surface area (Å²) in [5.41, 5.74) is 4.64. The van der Waals surface area contributed by atoms with Crippen LogP contribution in [-0.4, -0.2) is 79.4 Å². The highest BCUT2D eigenvalue weighted by atomic mass is 31.3. The maximum atomic E-state index is 12.2. The normalized spacial score (nSPS) is 26.4. The Hall–Kier alpha value is -1.07. The number of ether oxygens (including phenoxy) is 1. The number of nitrogen functional groups attached to an aromatic ring is 1. The molecule has 47 heavy (non-hydrogen) atoms. The van der Waals surface area contributed by atoms with Crippen LogP contribution in [0.3, 0.4) is 0 Å². The van der Waals surface area contributed by atoms with E-state index in [9.17, 15) is 66.7 Å². The summed E-state index contributed by atoms with van der Waals surface area (Å²) in [6.45, 7) is 0.114. The number of aliphatic hydroxyl groups is 1. The van der Waals surface area contributed by atoms with Crippen LogP contribution in [-0.2, 0) is 62.7 Å². The van der Waals surface area contributed by atoms with E-state index in [1.54, 1.807) is 6.92 Å². The van der Waals surface area contributed by atoms with Crippen molar-refractivity contribution in [1.82, 2.24) is 19.5 Å². The molecule has 1 fully saturated rings. The van der Waals surface area contributed by atoms with Crippen molar-refractivity contribution in [1.29, 1.82) is 0 Å². The zero-order valence-electron chi connectivity index (χ0n) is 23.2. The molecule has 3 rings (SSSR count). The average molecular weight is 803 g/mol. The Bertz CT molecular complexity index is 1800. The SMILES string of the molecule is CCCCOP(=O)(O)OP(=O)(O)OP(=O)(O)OP(=O)(O)OP(=O)(O)OP(=O)(O)OC[C@H]1O[C@@H](n2cnc3c(=O)[nH]c(N)nc32)CC1O. The fourth-order valence-corrected chi connectivity index (χ4v) is 11.3. The van der Waals surface area contributed by atoms with Gasteiger partial charge in [0.25, 0.3) is 5.56 Å². The quantitative estimate of drug-likeness (QED) is 0.0745. The zero-order chi connectivity index (χ0) is 35.6. The number of fused-ring (bicyclic) bond motifs is 1. The summed E-state index contributed by atoms with van der Waals surface area (Å²) < 4.78 is 105. The third-order valence-electron chi connectivity index (χ3n) is 5.15. The first kappa shape index (κ1) is 40.4. The lowest BCUT2D eigenvalue weighted by atomic mass is 10.2. The van der Waals surface area contributed by atoms with Crippen molar-refractivity contribution in [2.75, 3.05) is 18.9 Å². The van der Waals surface area contributed by atoms with Gasteiger partial charge < -0.3 is 44.9 Å². The fraction of sp³-hybridized carbons (Fsp3) is 0.643. The lowest BCUT2D eigenvalue weighted by Crippen LogP contribution is -2.26. The molecule has 2 aromatic heterocycles. The number of rotatable bonds is 18. The molecule has 3 heterocycles. The minimum atomic E-state index is -6.42. The van der Waals surface area contributed by atoms with E-state index in [2.05, 4.69) is 45.6 Å². The molecule has 1 aliphatic heterocycles. The summed E-state index contributed by atoms with van der Waals surface area (Å²) in [6.07, 6.45) is -2.47. The molecule has 1 aliphatic rings. The van der Waals surface area contributed by atoms with Crippen LogP contribution in [0, 0.1) is 0 Å². The van der Waals surface area contributed by atoms with Crippen molar-refractivity contribution in [2.45, 2.75) is 44.6 Å². The summed E-state index contributed by atoms with van der Waals surface area (Å²) in [5, 5.41) is 10.3. The van der Waals surface area contributed by atoms with Crippen LogP contribution < -0.4 is 11.3 Å². The second kappa shape index (κ2) is 15.0. The maximum Gasteiger partial charge on any atom is 0.490 e. The third-order valence-corrected chi connectivity index (χ3v) is 14.4. The highest BCUT2D eigenvalue weighted by Crippen LogP contribution is 2.75. The molecule has 7 unspecified atom stereocenters. The van der Waals surface area contributed by atoms with Gasteiger partial charge in [0.1, 0.15) is 12.3 Å². The third kappa shape index (κ3) is 12.3. The minimum absolute atomic E-state index is 0.0489. The van der Waals surface area contributed by atoms with E-state index in [0.29, 0.717) is 6.42 Å². The van der Waals surface area contributed by atoms with Gasteiger partial charge in [-0.1, -0.05) is 13.3 Å². The monoisotopic (exact) mass is 803 g/mol. The number of hydrogen-bond donors (Lipinski definition) is 9. The van der Waals surface area contributed by atoms with E-state index in [1.807, 2.05) is 0 Å². The Morgan fingerprint density at radius 3 is 1.89 bits per heavy atom. The minimum Gasteiger partial charge on any atom is -0.390 e. The van der Waals surface area contributed by atoms with E-state index >= 15 is 0 Å². The molecule has 0 bridgehead atoms. The Morgan fingerprint density at radius 1 is 0.894 bits per heavy atom. The van der Waals surface area contributed by atoms with Gasteiger partial charge in [-0.25, -0.2) is 32.4 Å². The van der Waals surface area contributed by atoms with E-state index in [4.69, 9.17) is 10.5 Å². The van der Waals surface area contributed by atoms with Gasteiger partial charge in [0.2, 0.25) is 5.95 Å². The number of nitrogens with zero attached hydrogens (tertiary/aromatic N) is 3. The number of H-pyrrole nitrogens is 1. The first-order chi connectivity index (χ1) is 21.3. The Labute approximate surface area is 261 Å². The summed E-state index contributed by atoms with van der Waals surface area (Å²) in [5.74, 6) is -0.271. The van der Waals surface area contributed by atoms with Gasteiger partial charge in [-0.15, -0.1) is 0 Å². The van der Waals surface area contributed by atoms with Gasteiger partial charge in [-0.2, -0.15) is 26.5 Å². The molecule has 0 saturated carbocycles. The van der Waals surface area contributed by atoms with E-state index < -0.39 is 84.1 Å². The highest BCUT2D eigenvalue weighted by Gasteiger charge is 2.50. The number of aromatic nitrogens is 4. The molecule has 0 amide bonds. The molecule has 270 valence electrons. The molecule has 2 aromatic rings. The summed E-state index contributed by atoms with van der Waals surface area (Å²) >= 11 is 0. The Balaban J connectivity index is 1.57. The number of phosphoric acid groups is 6. The number of imidazole rings is 1. The topological polar surface area (TPSA) is 407 Å². The predicted octanol–water partition coefficient (Wildman–Crippen LogP) is 0.869.